The van der Waals surface area contributed by atoms with Crippen LogP contribution in [0.15, 0.2) is 31.0 Å². The zero-order valence-electron chi connectivity index (χ0n) is 9.85. The van der Waals surface area contributed by atoms with E-state index < -0.39 is 5.97 Å². The number of amides is 1. The van der Waals surface area contributed by atoms with Gasteiger partial charge in [0, 0.05) is 13.0 Å². The Labute approximate surface area is 105 Å². The molecule has 0 saturated carbocycles. The molecule has 0 fully saturated rings. The highest BCUT2D eigenvalue weighted by Crippen LogP contribution is 2.10. The van der Waals surface area contributed by atoms with Crippen LogP contribution in [0.5, 0.6) is 0 Å². The number of carbonyl (C=O) groups excluding carboxylic acids is 1. The molecule has 6 nitrogen and oxygen atoms in total. The number of carboxylic acid groups (broad SMARTS) is 1. The minimum absolute atomic E-state index is 0.0498. The number of hydrogen-bond donors (Lipinski definition) is 3. The number of aliphatic carboxylic acids is 1. The van der Waals surface area contributed by atoms with Crippen molar-refractivity contribution in [1.29, 1.82) is 0 Å². The van der Waals surface area contributed by atoms with Crippen LogP contribution in [0.1, 0.15) is 12.8 Å². The van der Waals surface area contributed by atoms with E-state index >= 15 is 0 Å². The molecule has 0 aliphatic heterocycles. The van der Waals surface area contributed by atoms with Gasteiger partial charge in [0.1, 0.15) is 5.82 Å². The summed E-state index contributed by atoms with van der Waals surface area (Å²) < 4.78 is 0. The molecule has 6 heteroatoms. The van der Waals surface area contributed by atoms with Crippen molar-refractivity contribution in [1.82, 2.24) is 4.98 Å². The van der Waals surface area contributed by atoms with Crippen molar-refractivity contribution < 1.29 is 14.7 Å². The van der Waals surface area contributed by atoms with Gasteiger partial charge in [-0.3, -0.25) is 9.59 Å². The molecule has 1 amide bonds. The van der Waals surface area contributed by atoms with E-state index in [4.69, 9.17) is 5.11 Å². The quantitative estimate of drug-likeness (QED) is 0.637. The molecule has 18 heavy (non-hydrogen) atoms. The average Bonchev–Trinajstić information content (AvgIpc) is 2.35. The van der Waals surface area contributed by atoms with Gasteiger partial charge in [-0.1, -0.05) is 6.08 Å². The van der Waals surface area contributed by atoms with Gasteiger partial charge in [-0.2, -0.15) is 0 Å². The summed E-state index contributed by atoms with van der Waals surface area (Å²) in [6.07, 6.45) is 2.98. The van der Waals surface area contributed by atoms with Crippen molar-refractivity contribution in [3.63, 3.8) is 0 Å². The fourth-order valence-corrected chi connectivity index (χ4v) is 1.19. The third-order valence-electron chi connectivity index (χ3n) is 2.04. The van der Waals surface area contributed by atoms with Crippen LogP contribution in [0.3, 0.4) is 0 Å². The molecule has 0 saturated heterocycles. The van der Waals surface area contributed by atoms with Crippen LogP contribution in [-0.2, 0) is 9.59 Å². The van der Waals surface area contributed by atoms with E-state index in [-0.39, 0.29) is 18.7 Å². The number of carboxylic acids is 1. The topological polar surface area (TPSA) is 91.3 Å². The zero-order valence-corrected chi connectivity index (χ0v) is 9.85. The second kappa shape index (κ2) is 7.05. The van der Waals surface area contributed by atoms with Crippen LogP contribution in [0.25, 0.3) is 0 Å². The normalized spacial score (nSPS) is 9.56. The van der Waals surface area contributed by atoms with Gasteiger partial charge in [0.2, 0.25) is 5.91 Å². The molecule has 3 N–H and O–H groups in total. The first kappa shape index (κ1) is 13.7. The van der Waals surface area contributed by atoms with Crippen molar-refractivity contribution in [3.8, 4) is 0 Å². The van der Waals surface area contributed by atoms with Gasteiger partial charge in [0.05, 0.1) is 18.3 Å². The first-order valence-electron chi connectivity index (χ1n) is 5.44. The van der Waals surface area contributed by atoms with Crippen LogP contribution in [-0.4, -0.2) is 28.5 Å². The van der Waals surface area contributed by atoms with Gasteiger partial charge in [-0.25, -0.2) is 4.98 Å². The number of anilines is 2. The van der Waals surface area contributed by atoms with E-state index in [0.29, 0.717) is 18.1 Å². The molecule has 96 valence electrons. The standard InChI is InChI=1S/C12H15N3O3/c1-2-7-13-10-4-3-9(8-14-10)15-11(16)5-6-12(17)18/h2-4,8H,1,5-7H2,(H,13,14)(H,15,16)(H,17,18). The fourth-order valence-electron chi connectivity index (χ4n) is 1.19. The van der Waals surface area contributed by atoms with Crippen molar-refractivity contribution in [3.05, 3.63) is 31.0 Å². The van der Waals surface area contributed by atoms with Gasteiger partial charge >= 0.3 is 5.97 Å². The minimum atomic E-state index is -0.993. The average molecular weight is 249 g/mol. The molecule has 0 bridgehead atoms. The van der Waals surface area contributed by atoms with Crippen LogP contribution in [0.2, 0.25) is 0 Å². The highest BCUT2D eigenvalue weighted by atomic mass is 16.4. The largest absolute Gasteiger partial charge is 0.481 e. The van der Waals surface area contributed by atoms with Crippen molar-refractivity contribution in [2.24, 2.45) is 0 Å². The van der Waals surface area contributed by atoms with Crippen LogP contribution in [0, 0.1) is 0 Å². The lowest BCUT2D eigenvalue weighted by molar-refractivity contribution is -0.138. The number of rotatable bonds is 7. The molecule has 0 unspecified atom stereocenters. The summed E-state index contributed by atoms with van der Waals surface area (Å²) in [5.74, 6) is -0.656. The smallest absolute Gasteiger partial charge is 0.303 e. The summed E-state index contributed by atoms with van der Waals surface area (Å²) in [6.45, 7) is 4.18. The first-order chi connectivity index (χ1) is 8.61. The van der Waals surface area contributed by atoms with Crippen LogP contribution in [0.4, 0.5) is 11.5 Å². The number of nitrogens with zero attached hydrogens (tertiary/aromatic N) is 1. The molecule has 1 heterocycles. The Kier molecular flexibility index (Phi) is 5.37. The van der Waals surface area contributed by atoms with E-state index in [1.54, 1.807) is 18.2 Å². The number of nitrogens with one attached hydrogen (secondary N) is 2. The molecule has 0 radical (unpaired) electrons. The highest BCUT2D eigenvalue weighted by molar-refractivity contribution is 5.92. The van der Waals surface area contributed by atoms with E-state index in [1.807, 2.05) is 0 Å². The maximum Gasteiger partial charge on any atom is 0.303 e. The maximum atomic E-state index is 11.3. The lowest BCUT2D eigenvalue weighted by Gasteiger charge is -2.06. The number of carbonyl (C=O) groups is 2. The summed E-state index contributed by atoms with van der Waals surface area (Å²) >= 11 is 0. The van der Waals surface area contributed by atoms with Crippen molar-refractivity contribution >= 4 is 23.4 Å². The van der Waals surface area contributed by atoms with Crippen molar-refractivity contribution in [2.75, 3.05) is 17.2 Å². The monoisotopic (exact) mass is 249 g/mol. The van der Waals surface area contributed by atoms with Gasteiger partial charge in [-0.15, -0.1) is 6.58 Å². The highest BCUT2D eigenvalue weighted by Gasteiger charge is 2.05. The Morgan fingerprint density at radius 1 is 1.39 bits per heavy atom. The Morgan fingerprint density at radius 3 is 2.72 bits per heavy atom. The Bertz CT molecular complexity index is 429. The summed E-state index contributed by atoms with van der Waals surface area (Å²) in [5.41, 5.74) is 0.537. The van der Waals surface area contributed by atoms with Gasteiger partial charge in [0.15, 0.2) is 0 Å². The van der Waals surface area contributed by atoms with E-state index in [1.165, 1.54) is 6.20 Å². The second-order valence-corrected chi connectivity index (χ2v) is 3.54. The summed E-state index contributed by atoms with van der Waals surface area (Å²) in [5, 5.41) is 14.0. The van der Waals surface area contributed by atoms with Crippen LogP contribution >= 0.6 is 0 Å². The molecular weight excluding hydrogens is 234 g/mol. The molecule has 1 aromatic heterocycles. The number of aromatic nitrogens is 1. The first-order valence-corrected chi connectivity index (χ1v) is 5.44. The molecular formula is C12H15N3O3. The molecule has 0 spiro atoms. The van der Waals surface area contributed by atoms with Gasteiger partial charge in [0.25, 0.3) is 0 Å². The molecule has 0 aliphatic rings. The van der Waals surface area contributed by atoms with Gasteiger partial charge in [-0.05, 0) is 12.1 Å². The predicted octanol–water partition coefficient (Wildman–Crippen LogP) is 1.48. The Balaban J connectivity index is 2.45. The van der Waals surface area contributed by atoms with E-state index in [9.17, 15) is 9.59 Å². The Morgan fingerprint density at radius 2 is 2.17 bits per heavy atom. The lowest BCUT2D eigenvalue weighted by Crippen LogP contribution is -2.13. The summed E-state index contributed by atoms with van der Waals surface area (Å²) in [6, 6.07) is 3.41. The van der Waals surface area contributed by atoms with E-state index in [0.717, 1.165) is 0 Å². The van der Waals surface area contributed by atoms with Crippen LogP contribution < -0.4 is 10.6 Å². The molecule has 0 atom stereocenters. The maximum absolute atomic E-state index is 11.3. The third kappa shape index (κ3) is 5.11. The lowest BCUT2D eigenvalue weighted by atomic mass is 10.3. The zero-order chi connectivity index (χ0) is 13.4. The minimum Gasteiger partial charge on any atom is -0.481 e. The summed E-state index contributed by atoms with van der Waals surface area (Å²) in [7, 11) is 0. The SMILES string of the molecule is C=CCNc1ccc(NC(=O)CCC(=O)O)cn1. The Hall–Kier alpha value is -2.37. The molecule has 0 aromatic carbocycles. The van der Waals surface area contributed by atoms with E-state index in [2.05, 4.69) is 22.2 Å². The molecule has 0 aliphatic carbocycles. The van der Waals surface area contributed by atoms with Gasteiger partial charge < -0.3 is 15.7 Å². The second-order valence-electron chi connectivity index (χ2n) is 3.54. The third-order valence-corrected chi connectivity index (χ3v) is 2.04. The van der Waals surface area contributed by atoms with Crippen molar-refractivity contribution in [2.45, 2.75) is 12.8 Å². The molecule has 1 rings (SSSR count). The number of pyridine rings is 1. The predicted molar refractivity (Wildman–Crippen MR) is 68.4 cm³/mol. The molecule has 1 aromatic rings. The number of hydrogen-bond acceptors (Lipinski definition) is 4. The fraction of sp³-hybridized carbons (Fsp3) is 0.250. The summed E-state index contributed by atoms with van der Waals surface area (Å²) in [4.78, 5) is 25.7.